The fourth-order valence-corrected chi connectivity index (χ4v) is 4.76. The average Bonchev–Trinajstić information content (AvgIpc) is 3.24. The molecule has 0 radical (unpaired) electrons. The first kappa shape index (κ1) is 24.1. The number of hydrogen-bond donors (Lipinski definition) is 2. The van der Waals surface area contributed by atoms with E-state index >= 15 is 0 Å². The van der Waals surface area contributed by atoms with E-state index in [0.29, 0.717) is 30.4 Å². The number of sulfonamides is 1. The van der Waals surface area contributed by atoms with E-state index in [1.54, 1.807) is 25.6 Å². The zero-order valence-corrected chi connectivity index (χ0v) is 19.8. The maximum absolute atomic E-state index is 12.8. The van der Waals surface area contributed by atoms with Crippen LogP contribution in [0.15, 0.2) is 47.4 Å². The second-order valence-corrected chi connectivity index (χ2v) is 9.00. The van der Waals surface area contributed by atoms with Gasteiger partial charge in [-0.1, -0.05) is 26.0 Å². The highest BCUT2D eigenvalue weighted by atomic mass is 32.2. The van der Waals surface area contributed by atoms with Gasteiger partial charge < -0.3 is 15.4 Å². The van der Waals surface area contributed by atoms with Crippen molar-refractivity contribution in [1.29, 1.82) is 0 Å². The van der Waals surface area contributed by atoms with Gasteiger partial charge in [0.15, 0.2) is 5.82 Å². The molecule has 33 heavy (non-hydrogen) atoms. The first-order valence-corrected chi connectivity index (χ1v) is 11.8. The van der Waals surface area contributed by atoms with E-state index in [1.165, 1.54) is 29.6 Å². The fourth-order valence-electron chi connectivity index (χ4n) is 3.28. The third-order valence-corrected chi connectivity index (χ3v) is 7.03. The Morgan fingerprint density at radius 2 is 1.91 bits per heavy atom. The summed E-state index contributed by atoms with van der Waals surface area (Å²) >= 11 is 0. The molecule has 0 saturated carbocycles. The number of aryl methyl sites for hydroxylation is 1. The predicted molar refractivity (Wildman–Crippen MR) is 124 cm³/mol. The third kappa shape index (κ3) is 5.46. The van der Waals surface area contributed by atoms with Gasteiger partial charge in [-0.15, -0.1) is 5.10 Å². The monoisotopic (exact) mass is 473 g/mol. The zero-order valence-electron chi connectivity index (χ0n) is 18.9. The molecule has 0 aliphatic heterocycles. The molecule has 0 fully saturated rings. The minimum absolute atomic E-state index is 0.0449. The summed E-state index contributed by atoms with van der Waals surface area (Å²) in [6.45, 7) is 4.19. The van der Waals surface area contributed by atoms with Crippen molar-refractivity contribution in [2.45, 2.75) is 18.7 Å². The molecular weight excluding hydrogens is 446 g/mol. The summed E-state index contributed by atoms with van der Waals surface area (Å²) in [5.74, 6) is 0.592. The second kappa shape index (κ2) is 10.4. The van der Waals surface area contributed by atoms with Crippen molar-refractivity contribution in [3.05, 3.63) is 42.5 Å². The quantitative estimate of drug-likeness (QED) is 0.457. The van der Waals surface area contributed by atoms with E-state index in [1.807, 2.05) is 24.3 Å². The largest absolute Gasteiger partial charge is 0.495 e. The van der Waals surface area contributed by atoms with Crippen LogP contribution in [-0.2, 0) is 21.9 Å². The van der Waals surface area contributed by atoms with Crippen LogP contribution in [0, 0.1) is 0 Å². The van der Waals surface area contributed by atoms with Crippen LogP contribution in [0.3, 0.4) is 0 Å². The van der Waals surface area contributed by atoms with Crippen molar-refractivity contribution < 1.29 is 17.9 Å². The second-order valence-electron chi connectivity index (χ2n) is 7.06. The minimum Gasteiger partial charge on any atom is -0.495 e. The van der Waals surface area contributed by atoms with Gasteiger partial charge in [0.25, 0.3) is 0 Å². The lowest BCUT2D eigenvalue weighted by Gasteiger charge is -2.19. The molecule has 0 unspecified atom stereocenters. The van der Waals surface area contributed by atoms with Gasteiger partial charge in [0.05, 0.1) is 24.2 Å². The SMILES string of the molecule is CCN(CC)S(=O)(=O)c1ccc(OC)c(NC(=O)CNc2cccc(-c3nnnn3C)c2)c1. The van der Waals surface area contributed by atoms with Crippen LogP contribution in [0.25, 0.3) is 11.4 Å². The van der Waals surface area contributed by atoms with E-state index in [0.717, 1.165) is 5.56 Å². The van der Waals surface area contributed by atoms with Gasteiger partial charge in [0, 0.05) is 31.4 Å². The number of aromatic nitrogens is 4. The Kier molecular flexibility index (Phi) is 7.61. The van der Waals surface area contributed by atoms with Crippen molar-refractivity contribution in [3.63, 3.8) is 0 Å². The van der Waals surface area contributed by atoms with Gasteiger partial charge in [-0.05, 0) is 40.8 Å². The number of rotatable bonds is 10. The number of nitrogens with zero attached hydrogens (tertiary/aromatic N) is 5. The van der Waals surface area contributed by atoms with Crippen molar-refractivity contribution in [2.75, 3.05) is 37.4 Å². The molecule has 176 valence electrons. The van der Waals surface area contributed by atoms with Gasteiger partial charge in [-0.2, -0.15) is 4.31 Å². The summed E-state index contributed by atoms with van der Waals surface area (Å²) in [6, 6.07) is 11.7. The number of anilines is 2. The molecule has 0 atom stereocenters. The fraction of sp³-hybridized carbons (Fsp3) is 0.333. The number of hydrogen-bond acceptors (Lipinski definition) is 8. The smallest absolute Gasteiger partial charge is 0.243 e. The number of carbonyl (C=O) groups is 1. The molecule has 11 nitrogen and oxygen atoms in total. The van der Waals surface area contributed by atoms with E-state index in [-0.39, 0.29) is 23.0 Å². The molecule has 0 spiro atoms. The van der Waals surface area contributed by atoms with Crippen LogP contribution in [0.4, 0.5) is 11.4 Å². The van der Waals surface area contributed by atoms with E-state index in [2.05, 4.69) is 26.2 Å². The van der Waals surface area contributed by atoms with Gasteiger partial charge in [-0.3, -0.25) is 4.79 Å². The molecule has 0 bridgehead atoms. The highest BCUT2D eigenvalue weighted by molar-refractivity contribution is 7.89. The Hall–Kier alpha value is -3.51. The number of nitrogens with one attached hydrogen (secondary N) is 2. The number of methoxy groups -OCH3 is 1. The van der Waals surface area contributed by atoms with Crippen molar-refractivity contribution in [2.24, 2.45) is 7.05 Å². The third-order valence-electron chi connectivity index (χ3n) is 4.98. The maximum atomic E-state index is 12.8. The summed E-state index contributed by atoms with van der Waals surface area (Å²) in [6.07, 6.45) is 0. The van der Waals surface area contributed by atoms with Crippen LogP contribution in [0.1, 0.15) is 13.8 Å². The molecule has 12 heteroatoms. The maximum Gasteiger partial charge on any atom is 0.243 e. The topological polar surface area (TPSA) is 131 Å². The summed E-state index contributed by atoms with van der Waals surface area (Å²) < 4.78 is 33.9. The molecule has 2 N–H and O–H groups in total. The number of carbonyl (C=O) groups excluding carboxylic acids is 1. The van der Waals surface area contributed by atoms with Crippen LogP contribution < -0.4 is 15.4 Å². The molecule has 3 rings (SSSR count). The summed E-state index contributed by atoms with van der Waals surface area (Å²) in [5.41, 5.74) is 1.77. The van der Waals surface area contributed by atoms with Crippen molar-refractivity contribution >= 4 is 27.3 Å². The Labute approximate surface area is 192 Å². The van der Waals surface area contributed by atoms with Gasteiger partial charge >= 0.3 is 0 Å². The molecular formula is C21H27N7O4S. The normalized spacial score (nSPS) is 11.4. The highest BCUT2D eigenvalue weighted by Gasteiger charge is 2.23. The Balaban J connectivity index is 1.73. The molecule has 1 heterocycles. The average molecular weight is 474 g/mol. The molecule has 1 amide bonds. The van der Waals surface area contributed by atoms with Crippen LogP contribution in [0.2, 0.25) is 0 Å². The Morgan fingerprint density at radius 1 is 1.15 bits per heavy atom. The van der Waals surface area contributed by atoms with Crippen molar-refractivity contribution in [3.8, 4) is 17.1 Å². The number of tetrazole rings is 1. The zero-order chi connectivity index (χ0) is 24.0. The number of benzene rings is 2. The molecule has 0 aliphatic carbocycles. The lowest BCUT2D eigenvalue weighted by Crippen LogP contribution is -2.30. The van der Waals surface area contributed by atoms with Gasteiger partial charge in [0.1, 0.15) is 5.75 Å². The summed E-state index contributed by atoms with van der Waals surface area (Å²) in [7, 11) is -0.483. The predicted octanol–water partition coefficient (Wildman–Crippen LogP) is 1.97. The lowest BCUT2D eigenvalue weighted by molar-refractivity contribution is -0.114. The lowest BCUT2D eigenvalue weighted by atomic mass is 10.2. The van der Waals surface area contributed by atoms with Crippen molar-refractivity contribution in [1.82, 2.24) is 24.5 Å². The number of ether oxygens (including phenoxy) is 1. The van der Waals surface area contributed by atoms with Crippen LogP contribution >= 0.6 is 0 Å². The molecule has 1 aromatic heterocycles. The first-order chi connectivity index (χ1) is 15.8. The summed E-state index contributed by atoms with van der Waals surface area (Å²) in [5, 5.41) is 17.2. The van der Waals surface area contributed by atoms with Crippen LogP contribution in [0.5, 0.6) is 5.75 Å². The van der Waals surface area contributed by atoms with Gasteiger partial charge in [0.2, 0.25) is 15.9 Å². The highest BCUT2D eigenvalue weighted by Crippen LogP contribution is 2.29. The Bertz CT molecular complexity index is 1220. The van der Waals surface area contributed by atoms with E-state index < -0.39 is 10.0 Å². The molecule has 0 aliphatic rings. The van der Waals surface area contributed by atoms with E-state index in [9.17, 15) is 13.2 Å². The first-order valence-electron chi connectivity index (χ1n) is 10.3. The van der Waals surface area contributed by atoms with Crippen LogP contribution in [-0.4, -0.2) is 65.6 Å². The molecule has 0 saturated heterocycles. The molecule has 2 aromatic carbocycles. The molecule has 3 aromatic rings. The standard InChI is InChI=1S/C21H27N7O4S/c1-5-28(6-2)33(30,31)17-10-11-19(32-4)18(13-17)23-20(29)14-22-16-9-7-8-15(12-16)21-24-25-26-27(21)3/h7-13,22H,5-6,14H2,1-4H3,(H,23,29). The van der Waals surface area contributed by atoms with Gasteiger partial charge in [-0.25, -0.2) is 13.1 Å². The van der Waals surface area contributed by atoms with E-state index in [4.69, 9.17) is 4.74 Å². The minimum atomic E-state index is -3.68. The summed E-state index contributed by atoms with van der Waals surface area (Å²) in [4.78, 5) is 12.7. The number of amides is 1. The Morgan fingerprint density at radius 3 is 2.55 bits per heavy atom.